The maximum Gasteiger partial charge on any atom is 0.234 e. The van der Waals surface area contributed by atoms with Gasteiger partial charge in [0.15, 0.2) is 0 Å². The Balaban J connectivity index is 2.80. The van der Waals surface area contributed by atoms with Crippen LogP contribution in [-0.2, 0) is 4.79 Å². The van der Waals surface area contributed by atoms with Gasteiger partial charge in [-0.3, -0.25) is 9.69 Å². The third-order valence-corrected chi connectivity index (χ3v) is 2.91. The predicted molar refractivity (Wildman–Crippen MR) is 69.5 cm³/mol. The number of aromatic hydroxyl groups is 2. The van der Waals surface area contributed by atoms with Crippen LogP contribution in [0.5, 0.6) is 11.5 Å². The second-order valence-corrected chi connectivity index (χ2v) is 4.25. The van der Waals surface area contributed by atoms with Gasteiger partial charge < -0.3 is 15.5 Å². The summed E-state index contributed by atoms with van der Waals surface area (Å²) in [5, 5.41) is 22.2. The summed E-state index contributed by atoms with van der Waals surface area (Å²) in [6.45, 7) is 4.48. The molecule has 5 heteroatoms. The zero-order valence-corrected chi connectivity index (χ0v) is 11.0. The SMILES string of the molecule is CCNC(=O)CN(C)C(C)c1c(O)cccc1O. The van der Waals surface area contributed by atoms with Crippen molar-refractivity contribution in [2.24, 2.45) is 0 Å². The molecule has 1 amide bonds. The minimum atomic E-state index is -0.256. The molecule has 100 valence electrons. The van der Waals surface area contributed by atoms with Gasteiger partial charge in [-0.2, -0.15) is 0 Å². The normalized spacial score (nSPS) is 12.4. The number of likely N-dealkylation sites (N-methyl/N-ethyl adjacent to an activating group) is 2. The van der Waals surface area contributed by atoms with Crippen LogP contribution in [0.15, 0.2) is 18.2 Å². The Bertz CT molecular complexity index is 400. The smallest absolute Gasteiger partial charge is 0.234 e. The van der Waals surface area contributed by atoms with Gasteiger partial charge in [0.05, 0.1) is 12.1 Å². The Hall–Kier alpha value is -1.75. The van der Waals surface area contributed by atoms with E-state index >= 15 is 0 Å². The van der Waals surface area contributed by atoms with E-state index in [4.69, 9.17) is 0 Å². The Labute approximate surface area is 107 Å². The first-order chi connectivity index (χ1) is 8.47. The molecule has 0 aromatic heterocycles. The van der Waals surface area contributed by atoms with Crippen molar-refractivity contribution in [1.82, 2.24) is 10.2 Å². The van der Waals surface area contributed by atoms with Gasteiger partial charge in [-0.15, -0.1) is 0 Å². The summed E-state index contributed by atoms with van der Waals surface area (Å²) in [5.41, 5.74) is 0.435. The molecule has 0 heterocycles. The summed E-state index contributed by atoms with van der Waals surface area (Å²) in [4.78, 5) is 13.2. The van der Waals surface area contributed by atoms with Crippen molar-refractivity contribution >= 4 is 5.91 Å². The molecule has 0 aliphatic heterocycles. The highest BCUT2D eigenvalue weighted by atomic mass is 16.3. The lowest BCUT2D eigenvalue weighted by Crippen LogP contribution is -2.36. The third kappa shape index (κ3) is 3.37. The Morgan fingerprint density at radius 3 is 2.44 bits per heavy atom. The van der Waals surface area contributed by atoms with Crippen molar-refractivity contribution in [2.45, 2.75) is 19.9 Å². The van der Waals surface area contributed by atoms with E-state index in [1.54, 1.807) is 18.0 Å². The minimum Gasteiger partial charge on any atom is -0.507 e. The van der Waals surface area contributed by atoms with Crippen molar-refractivity contribution in [1.29, 1.82) is 0 Å². The number of amides is 1. The molecule has 0 aliphatic carbocycles. The van der Waals surface area contributed by atoms with E-state index in [0.717, 1.165) is 0 Å². The van der Waals surface area contributed by atoms with Gasteiger partial charge in [0.2, 0.25) is 5.91 Å². The third-order valence-electron chi connectivity index (χ3n) is 2.91. The highest BCUT2D eigenvalue weighted by Crippen LogP contribution is 2.34. The zero-order chi connectivity index (χ0) is 13.7. The molecular formula is C13H20N2O3. The first kappa shape index (κ1) is 14.3. The Morgan fingerprint density at radius 1 is 1.39 bits per heavy atom. The summed E-state index contributed by atoms with van der Waals surface area (Å²) >= 11 is 0. The van der Waals surface area contributed by atoms with Crippen LogP contribution in [0.3, 0.4) is 0 Å². The fraction of sp³-hybridized carbons (Fsp3) is 0.462. The number of phenols is 2. The molecule has 1 atom stereocenters. The molecule has 1 aromatic rings. The van der Waals surface area contributed by atoms with Gasteiger partial charge >= 0.3 is 0 Å². The quantitative estimate of drug-likeness (QED) is 0.737. The standard InChI is InChI=1S/C13H20N2O3/c1-4-14-12(18)8-15(3)9(2)13-10(16)6-5-7-11(13)17/h5-7,9,16-17H,4,8H2,1-3H3,(H,14,18). The van der Waals surface area contributed by atoms with Crippen LogP contribution in [0, 0.1) is 0 Å². The van der Waals surface area contributed by atoms with E-state index in [0.29, 0.717) is 12.1 Å². The number of rotatable bonds is 5. The summed E-state index contributed by atoms with van der Waals surface area (Å²) < 4.78 is 0. The van der Waals surface area contributed by atoms with Crippen molar-refractivity contribution in [2.75, 3.05) is 20.1 Å². The predicted octanol–water partition coefficient (Wildman–Crippen LogP) is 1.23. The van der Waals surface area contributed by atoms with Gasteiger partial charge in [0.1, 0.15) is 11.5 Å². The molecule has 1 rings (SSSR count). The molecule has 0 radical (unpaired) electrons. The average Bonchev–Trinajstić information content (AvgIpc) is 2.28. The summed E-state index contributed by atoms with van der Waals surface area (Å²) in [6.07, 6.45) is 0. The Morgan fingerprint density at radius 2 is 1.94 bits per heavy atom. The minimum absolute atomic E-state index is 0.0326. The first-order valence-corrected chi connectivity index (χ1v) is 5.95. The summed E-state index contributed by atoms with van der Waals surface area (Å²) in [7, 11) is 1.77. The molecule has 1 aromatic carbocycles. The zero-order valence-electron chi connectivity index (χ0n) is 11.0. The molecule has 0 spiro atoms. The topological polar surface area (TPSA) is 72.8 Å². The van der Waals surface area contributed by atoms with Crippen LogP contribution in [0.4, 0.5) is 0 Å². The van der Waals surface area contributed by atoms with Gasteiger partial charge in [-0.25, -0.2) is 0 Å². The summed E-state index contributed by atoms with van der Waals surface area (Å²) in [6, 6.07) is 4.36. The molecule has 0 aliphatic rings. The lowest BCUT2D eigenvalue weighted by atomic mass is 10.0. The largest absolute Gasteiger partial charge is 0.507 e. The molecule has 0 saturated heterocycles. The number of phenolic OH excluding ortho intramolecular Hbond substituents is 2. The highest BCUT2D eigenvalue weighted by molar-refractivity contribution is 5.78. The second-order valence-electron chi connectivity index (χ2n) is 4.25. The van der Waals surface area contributed by atoms with Gasteiger partial charge in [0, 0.05) is 12.6 Å². The van der Waals surface area contributed by atoms with Gasteiger partial charge in [-0.05, 0) is 33.0 Å². The van der Waals surface area contributed by atoms with Crippen molar-refractivity contribution in [3.05, 3.63) is 23.8 Å². The number of hydrogen-bond acceptors (Lipinski definition) is 4. The van der Waals surface area contributed by atoms with Gasteiger partial charge in [0.25, 0.3) is 0 Å². The molecular weight excluding hydrogens is 232 g/mol. The maximum atomic E-state index is 11.5. The molecule has 18 heavy (non-hydrogen) atoms. The molecule has 3 N–H and O–H groups in total. The first-order valence-electron chi connectivity index (χ1n) is 5.95. The van der Waals surface area contributed by atoms with Crippen LogP contribution in [-0.4, -0.2) is 41.2 Å². The monoisotopic (exact) mass is 252 g/mol. The lowest BCUT2D eigenvalue weighted by molar-refractivity contribution is -0.122. The van der Waals surface area contributed by atoms with Crippen LogP contribution in [0.2, 0.25) is 0 Å². The van der Waals surface area contributed by atoms with E-state index in [-0.39, 0.29) is 30.0 Å². The maximum absolute atomic E-state index is 11.5. The number of nitrogens with one attached hydrogen (secondary N) is 1. The van der Waals surface area contributed by atoms with Crippen LogP contribution >= 0.6 is 0 Å². The van der Waals surface area contributed by atoms with Crippen molar-refractivity contribution in [3.8, 4) is 11.5 Å². The number of benzene rings is 1. The molecule has 0 fully saturated rings. The average molecular weight is 252 g/mol. The number of carbonyl (C=O) groups is 1. The molecule has 0 bridgehead atoms. The van der Waals surface area contributed by atoms with Crippen molar-refractivity contribution < 1.29 is 15.0 Å². The number of hydrogen-bond donors (Lipinski definition) is 3. The number of carbonyl (C=O) groups excluding carboxylic acids is 1. The van der Waals surface area contributed by atoms with E-state index in [1.807, 2.05) is 13.8 Å². The highest BCUT2D eigenvalue weighted by Gasteiger charge is 2.20. The molecule has 5 nitrogen and oxygen atoms in total. The van der Waals surface area contributed by atoms with E-state index in [9.17, 15) is 15.0 Å². The van der Waals surface area contributed by atoms with Crippen molar-refractivity contribution in [3.63, 3.8) is 0 Å². The van der Waals surface area contributed by atoms with Gasteiger partial charge in [-0.1, -0.05) is 6.07 Å². The van der Waals surface area contributed by atoms with Crippen LogP contribution in [0.25, 0.3) is 0 Å². The van der Waals surface area contributed by atoms with Crippen LogP contribution in [0.1, 0.15) is 25.5 Å². The lowest BCUT2D eigenvalue weighted by Gasteiger charge is -2.25. The van der Waals surface area contributed by atoms with E-state index in [2.05, 4.69) is 5.32 Å². The van der Waals surface area contributed by atoms with E-state index < -0.39 is 0 Å². The molecule has 1 unspecified atom stereocenters. The number of nitrogens with zero attached hydrogens (tertiary/aromatic N) is 1. The Kier molecular flexibility index (Phi) is 4.97. The molecule has 0 saturated carbocycles. The second kappa shape index (κ2) is 6.26. The van der Waals surface area contributed by atoms with E-state index in [1.165, 1.54) is 12.1 Å². The fourth-order valence-electron chi connectivity index (χ4n) is 1.81. The summed E-state index contributed by atoms with van der Waals surface area (Å²) in [5.74, 6) is -0.0164. The van der Waals surface area contributed by atoms with Crippen LogP contribution < -0.4 is 5.32 Å². The fourth-order valence-corrected chi connectivity index (χ4v) is 1.81.